The number of nitrogens with one attached hydrogen (secondary N) is 1. The molecule has 1 aromatic heterocycles. The van der Waals surface area contributed by atoms with Crippen LogP contribution in [0.25, 0.3) is 5.69 Å². The van der Waals surface area contributed by atoms with Gasteiger partial charge in [0, 0.05) is 5.69 Å². The smallest absolute Gasteiger partial charge is 0.141 e. The lowest BCUT2D eigenvalue weighted by molar-refractivity contribution is 0.424. The first kappa shape index (κ1) is 13.1. The molecule has 0 amide bonds. The Balaban J connectivity index is 2.52. The molecule has 0 unspecified atom stereocenters. The highest BCUT2D eigenvalue weighted by molar-refractivity contribution is 6.30. The summed E-state index contributed by atoms with van der Waals surface area (Å²) in [4.78, 5) is 4.15. The van der Waals surface area contributed by atoms with Crippen molar-refractivity contribution >= 4 is 11.6 Å². The molecule has 2 aromatic rings. The third-order valence-corrected chi connectivity index (χ3v) is 3.37. The van der Waals surface area contributed by atoms with Crippen molar-refractivity contribution < 1.29 is 4.39 Å². The monoisotopic (exact) mass is 267 g/mol. The molecular formula is C13H15ClFN3. The lowest BCUT2D eigenvalue weighted by Gasteiger charge is -2.25. The van der Waals surface area contributed by atoms with Gasteiger partial charge >= 0.3 is 0 Å². The van der Waals surface area contributed by atoms with Crippen LogP contribution in [0.5, 0.6) is 0 Å². The fourth-order valence-corrected chi connectivity index (χ4v) is 1.90. The first-order valence-corrected chi connectivity index (χ1v) is 6.00. The van der Waals surface area contributed by atoms with Crippen LogP contribution in [0.1, 0.15) is 19.5 Å². The Hall–Kier alpha value is -1.39. The molecule has 0 bridgehead atoms. The largest absolute Gasteiger partial charge is 0.310 e. The van der Waals surface area contributed by atoms with E-state index < -0.39 is 5.82 Å². The topological polar surface area (TPSA) is 29.9 Å². The number of hydrogen-bond acceptors (Lipinski definition) is 2. The number of imidazole rings is 1. The second kappa shape index (κ2) is 4.71. The van der Waals surface area contributed by atoms with Crippen molar-refractivity contribution in [2.75, 3.05) is 7.05 Å². The van der Waals surface area contributed by atoms with Crippen molar-refractivity contribution in [3.8, 4) is 5.69 Å². The Kier molecular flexibility index (Phi) is 3.41. The van der Waals surface area contributed by atoms with Crippen LogP contribution in [0, 0.1) is 5.82 Å². The van der Waals surface area contributed by atoms with Gasteiger partial charge in [0.2, 0.25) is 0 Å². The summed E-state index contributed by atoms with van der Waals surface area (Å²) in [7, 11) is 1.88. The zero-order valence-electron chi connectivity index (χ0n) is 10.5. The molecule has 2 rings (SSSR count). The maximum absolute atomic E-state index is 13.2. The summed E-state index contributed by atoms with van der Waals surface area (Å²) >= 11 is 5.81. The number of rotatable bonds is 3. The Morgan fingerprint density at radius 3 is 2.72 bits per heavy atom. The minimum atomic E-state index is -0.421. The molecule has 1 heterocycles. The first-order valence-electron chi connectivity index (χ1n) is 5.63. The van der Waals surface area contributed by atoms with Crippen molar-refractivity contribution in [3.05, 3.63) is 47.3 Å². The normalized spacial score (nSPS) is 11.8. The summed E-state index contributed by atoms with van der Waals surface area (Å²) in [5, 5.41) is 3.32. The molecular weight excluding hydrogens is 253 g/mol. The van der Waals surface area contributed by atoms with Crippen molar-refractivity contribution in [2.24, 2.45) is 0 Å². The van der Waals surface area contributed by atoms with E-state index >= 15 is 0 Å². The maximum Gasteiger partial charge on any atom is 0.141 e. The predicted molar refractivity (Wildman–Crippen MR) is 70.6 cm³/mol. The number of halogens is 2. The molecule has 0 radical (unpaired) electrons. The molecule has 18 heavy (non-hydrogen) atoms. The lowest BCUT2D eigenvalue weighted by atomic mass is 10.0. The molecule has 0 saturated carbocycles. The van der Waals surface area contributed by atoms with E-state index in [0.29, 0.717) is 0 Å². The Bertz CT molecular complexity index is 563. The summed E-state index contributed by atoms with van der Waals surface area (Å²) in [6.07, 6.45) is 3.48. The summed E-state index contributed by atoms with van der Waals surface area (Å²) in [6, 6.07) is 4.62. The van der Waals surface area contributed by atoms with Gasteiger partial charge in [0.05, 0.1) is 28.8 Å². The van der Waals surface area contributed by atoms with Crippen LogP contribution in [0.4, 0.5) is 4.39 Å². The summed E-state index contributed by atoms with van der Waals surface area (Å²) in [5.74, 6) is -0.421. The third-order valence-electron chi connectivity index (χ3n) is 3.09. The molecule has 0 fully saturated rings. The van der Waals surface area contributed by atoms with E-state index in [4.69, 9.17) is 11.6 Å². The van der Waals surface area contributed by atoms with Gasteiger partial charge in [0.15, 0.2) is 0 Å². The SMILES string of the molecule is CNC(C)(C)c1cncn1-c1ccc(F)c(Cl)c1. The van der Waals surface area contributed by atoms with Crippen molar-refractivity contribution in [1.82, 2.24) is 14.9 Å². The number of nitrogens with zero attached hydrogens (tertiary/aromatic N) is 2. The fourth-order valence-electron chi connectivity index (χ4n) is 1.73. The van der Waals surface area contributed by atoms with E-state index in [1.807, 2.05) is 25.5 Å². The molecule has 0 aliphatic heterocycles. The van der Waals surface area contributed by atoms with E-state index in [2.05, 4.69) is 10.3 Å². The lowest BCUT2D eigenvalue weighted by Crippen LogP contribution is -2.35. The average molecular weight is 268 g/mol. The van der Waals surface area contributed by atoms with Crippen molar-refractivity contribution in [3.63, 3.8) is 0 Å². The minimum Gasteiger partial charge on any atom is -0.310 e. The second-order valence-electron chi connectivity index (χ2n) is 4.62. The highest BCUT2D eigenvalue weighted by atomic mass is 35.5. The van der Waals surface area contributed by atoms with Gasteiger partial charge in [0.1, 0.15) is 5.82 Å². The highest BCUT2D eigenvalue weighted by Gasteiger charge is 2.22. The minimum absolute atomic E-state index is 0.106. The number of aromatic nitrogens is 2. The molecule has 0 atom stereocenters. The quantitative estimate of drug-likeness (QED) is 0.926. The van der Waals surface area contributed by atoms with Crippen LogP contribution in [0.3, 0.4) is 0 Å². The van der Waals surface area contributed by atoms with Gasteiger partial charge in [-0.3, -0.25) is 0 Å². The molecule has 1 aromatic carbocycles. The maximum atomic E-state index is 13.2. The molecule has 0 spiro atoms. The second-order valence-corrected chi connectivity index (χ2v) is 5.03. The van der Waals surface area contributed by atoms with Crippen molar-refractivity contribution in [1.29, 1.82) is 0 Å². The van der Waals surface area contributed by atoms with Gasteiger partial charge in [-0.25, -0.2) is 9.37 Å². The van der Waals surface area contributed by atoms with E-state index in [0.717, 1.165) is 11.4 Å². The average Bonchev–Trinajstić information content (AvgIpc) is 2.82. The van der Waals surface area contributed by atoms with Gasteiger partial charge in [-0.05, 0) is 39.1 Å². The van der Waals surface area contributed by atoms with E-state index in [-0.39, 0.29) is 10.6 Å². The zero-order valence-corrected chi connectivity index (χ0v) is 11.3. The number of hydrogen-bond donors (Lipinski definition) is 1. The van der Waals surface area contributed by atoms with Crippen LogP contribution >= 0.6 is 11.6 Å². The standard InChI is InChI=1S/C13H15ClFN3/c1-13(2,16-3)12-7-17-8-18(12)9-4-5-11(15)10(14)6-9/h4-8,16H,1-3H3. The van der Waals surface area contributed by atoms with E-state index in [9.17, 15) is 4.39 Å². The van der Waals surface area contributed by atoms with Gasteiger partial charge in [0.25, 0.3) is 0 Å². The van der Waals surface area contributed by atoms with Crippen LogP contribution in [0.15, 0.2) is 30.7 Å². The molecule has 0 saturated heterocycles. The predicted octanol–water partition coefficient (Wildman–Crippen LogP) is 3.12. The summed E-state index contributed by atoms with van der Waals surface area (Å²) in [6.45, 7) is 4.09. The molecule has 96 valence electrons. The van der Waals surface area contributed by atoms with Crippen LogP contribution in [0.2, 0.25) is 5.02 Å². The van der Waals surface area contributed by atoms with E-state index in [1.54, 1.807) is 24.7 Å². The fraction of sp³-hybridized carbons (Fsp3) is 0.308. The van der Waals surface area contributed by atoms with E-state index in [1.165, 1.54) is 6.07 Å². The van der Waals surface area contributed by atoms with Crippen LogP contribution < -0.4 is 5.32 Å². The highest BCUT2D eigenvalue weighted by Crippen LogP contribution is 2.25. The van der Waals surface area contributed by atoms with Crippen LogP contribution in [-0.4, -0.2) is 16.6 Å². The zero-order chi connectivity index (χ0) is 13.3. The summed E-state index contributed by atoms with van der Waals surface area (Å²) in [5.41, 5.74) is 1.53. The van der Waals surface area contributed by atoms with Gasteiger partial charge < -0.3 is 9.88 Å². The van der Waals surface area contributed by atoms with Gasteiger partial charge in [-0.1, -0.05) is 11.6 Å². The molecule has 0 aliphatic rings. The third kappa shape index (κ3) is 2.26. The van der Waals surface area contributed by atoms with Gasteiger partial charge in [-0.15, -0.1) is 0 Å². The summed E-state index contributed by atoms with van der Waals surface area (Å²) < 4.78 is 15.1. The molecule has 1 N–H and O–H groups in total. The number of benzene rings is 1. The molecule has 0 aliphatic carbocycles. The van der Waals surface area contributed by atoms with Crippen molar-refractivity contribution in [2.45, 2.75) is 19.4 Å². The Labute approximate surface area is 111 Å². The Morgan fingerprint density at radius 2 is 2.11 bits per heavy atom. The van der Waals surface area contributed by atoms with Crippen LogP contribution in [-0.2, 0) is 5.54 Å². The molecule has 5 heteroatoms. The Morgan fingerprint density at radius 1 is 1.39 bits per heavy atom. The van der Waals surface area contributed by atoms with Gasteiger partial charge in [-0.2, -0.15) is 0 Å². The molecule has 3 nitrogen and oxygen atoms in total. The first-order chi connectivity index (χ1) is 8.45.